The normalized spacial score (nSPS) is 11.1. The zero-order chi connectivity index (χ0) is 14.2. The molecular weight excluding hydrogens is 252 g/mol. The predicted molar refractivity (Wildman–Crippen MR) is 81.2 cm³/mol. The van der Waals surface area contributed by atoms with Crippen molar-refractivity contribution >= 4 is 12.4 Å². The molecule has 2 aromatic carbocycles. The quantitative estimate of drug-likeness (QED) is 0.617. The Hall–Kier alpha value is -2.62. The maximum Gasteiger partial charge on any atom is 0.119 e. The third kappa shape index (κ3) is 3.95. The van der Waals surface area contributed by atoms with Crippen LogP contribution in [0.1, 0.15) is 11.1 Å². The van der Waals surface area contributed by atoms with E-state index < -0.39 is 0 Å². The van der Waals surface area contributed by atoms with Crippen LogP contribution < -0.4 is 9.47 Å². The monoisotopic (exact) mass is 268 g/mol. The van der Waals surface area contributed by atoms with Gasteiger partial charge in [-0.2, -0.15) is 10.2 Å². The van der Waals surface area contributed by atoms with Crippen LogP contribution in [0.5, 0.6) is 11.5 Å². The lowest BCUT2D eigenvalue weighted by Gasteiger charge is -1.99. The molecule has 0 aromatic heterocycles. The van der Waals surface area contributed by atoms with Crippen molar-refractivity contribution in [3.63, 3.8) is 0 Å². The average molecular weight is 268 g/mol. The van der Waals surface area contributed by atoms with Crippen LogP contribution >= 0.6 is 0 Å². The van der Waals surface area contributed by atoms with Crippen LogP contribution in [0, 0.1) is 0 Å². The summed E-state index contributed by atoms with van der Waals surface area (Å²) in [7, 11) is 3.28. The van der Waals surface area contributed by atoms with E-state index in [0.717, 1.165) is 22.6 Å². The highest BCUT2D eigenvalue weighted by molar-refractivity contribution is 5.83. The summed E-state index contributed by atoms with van der Waals surface area (Å²) in [6.07, 6.45) is 3.37. The second kappa shape index (κ2) is 7.09. The molecule has 0 amide bonds. The Balaban J connectivity index is 1.99. The van der Waals surface area contributed by atoms with E-state index in [2.05, 4.69) is 10.2 Å². The van der Waals surface area contributed by atoms with Crippen molar-refractivity contribution in [2.24, 2.45) is 10.2 Å². The number of nitrogens with zero attached hydrogens (tertiary/aromatic N) is 2. The van der Waals surface area contributed by atoms with Crippen molar-refractivity contribution < 1.29 is 9.47 Å². The minimum atomic E-state index is 0.799. The molecule has 20 heavy (non-hydrogen) atoms. The number of hydrogen-bond acceptors (Lipinski definition) is 4. The molecule has 2 aromatic rings. The Morgan fingerprint density at radius 3 is 2.05 bits per heavy atom. The van der Waals surface area contributed by atoms with E-state index in [1.165, 1.54) is 0 Å². The SMILES string of the molecule is COc1ccc(/C=N/N=C/c2cccc(OC)c2)cc1. The molecule has 0 aliphatic rings. The summed E-state index contributed by atoms with van der Waals surface area (Å²) in [5, 5.41) is 8.02. The lowest BCUT2D eigenvalue weighted by Crippen LogP contribution is -1.86. The standard InChI is InChI=1S/C16H16N2O2/c1-19-15-8-6-13(7-9-15)11-17-18-12-14-4-3-5-16(10-14)20-2/h3-12H,1-2H3/b17-11+,18-12+. The van der Waals surface area contributed by atoms with Crippen LogP contribution in [0.3, 0.4) is 0 Å². The van der Waals surface area contributed by atoms with Crippen molar-refractivity contribution in [3.05, 3.63) is 59.7 Å². The molecule has 0 bridgehead atoms. The van der Waals surface area contributed by atoms with Crippen molar-refractivity contribution in [2.75, 3.05) is 14.2 Å². The maximum atomic E-state index is 5.14. The first-order valence-electron chi connectivity index (χ1n) is 6.16. The molecule has 2 rings (SSSR count). The Morgan fingerprint density at radius 1 is 0.750 bits per heavy atom. The topological polar surface area (TPSA) is 43.2 Å². The Labute approximate surface area is 118 Å². The van der Waals surface area contributed by atoms with E-state index in [1.807, 2.05) is 48.5 Å². The summed E-state index contributed by atoms with van der Waals surface area (Å²) < 4.78 is 10.2. The van der Waals surface area contributed by atoms with Gasteiger partial charge in [0.05, 0.1) is 26.6 Å². The van der Waals surface area contributed by atoms with E-state index in [9.17, 15) is 0 Å². The van der Waals surface area contributed by atoms with Gasteiger partial charge < -0.3 is 9.47 Å². The highest BCUT2D eigenvalue weighted by atomic mass is 16.5. The second-order valence-corrected chi connectivity index (χ2v) is 4.04. The summed E-state index contributed by atoms with van der Waals surface area (Å²) >= 11 is 0. The van der Waals surface area contributed by atoms with Gasteiger partial charge in [-0.25, -0.2) is 0 Å². The third-order valence-corrected chi connectivity index (χ3v) is 2.69. The van der Waals surface area contributed by atoms with Gasteiger partial charge in [0.25, 0.3) is 0 Å². The van der Waals surface area contributed by atoms with E-state index in [1.54, 1.807) is 26.6 Å². The molecule has 4 heteroatoms. The van der Waals surface area contributed by atoms with E-state index in [4.69, 9.17) is 9.47 Å². The molecule has 102 valence electrons. The fourth-order valence-corrected chi connectivity index (χ4v) is 1.61. The van der Waals surface area contributed by atoms with E-state index in [0.29, 0.717) is 0 Å². The number of hydrogen-bond donors (Lipinski definition) is 0. The van der Waals surface area contributed by atoms with Gasteiger partial charge >= 0.3 is 0 Å². The van der Waals surface area contributed by atoms with Crippen molar-refractivity contribution in [2.45, 2.75) is 0 Å². The molecule has 0 aliphatic heterocycles. The van der Waals surface area contributed by atoms with Gasteiger partial charge in [-0.1, -0.05) is 12.1 Å². The van der Waals surface area contributed by atoms with Crippen LogP contribution in [-0.4, -0.2) is 26.6 Å². The fraction of sp³-hybridized carbons (Fsp3) is 0.125. The summed E-state index contributed by atoms with van der Waals surface area (Å²) in [4.78, 5) is 0. The van der Waals surface area contributed by atoms with E-state index >= 15 is 0 Å². The number of rotatable bonds is 5. The van der Waals surface area contributed by atoms with Crippen molar-refractivity contribution in [1.82, 2.24) is 0 Å². The Kier molecular flexibility index (Phi) is 4.89. The zero-order valence-electron chi connectivity index (χ0n) is 11.5. The molecule has 0 aliphatic carbocycles. The molecule has 0 N–H and O–H groups in total. The van der Waals surface area contributed by atoms with Gasteiger partial charge in [0, 0.05) is 0 Å². The molecule has 0 saturated heterocycles. The lowest BCUT2D eigenvalue weighted by atomic mass is 10.2. The summed E-state index contributed by atoms with van der Waals surface area (Å²) in [6.45, 7) is 0. The van der Waals surface area contributed by atoms with Crippen LogP contribution in [0.15, 0.2) is 58.7 Å². The summed E-state index contributed by atoms with van der Waals surface area (Å²) in [6, 6.07) is 15.2. The van der Waals surface area contributed by atoms with Gasteiger partial charge in [-0.05, 0) is 47.5 Å². The van der Waals surface area contributed by atoms with Crippen molar-refractivity contribution in [3.8, 4) is 11.5 Å². The molecule has 4 nitrogen and oxygen atoms in total. The van der Waals surface area contributed by atoms with Gasteiger partial charge in [0.15, 0.2) is 0 Å². The molecule has 0 heterocycles. The molecule has 0 radical (unpaired) electrons. The first-order chi connectivity index (χ1) is 9.81. The highest BCUT2D eigenvalue weighted by Crippen LogP contribution is 2.11. The van der Waals surface area contributed by atoms with Crippen LogP contribution in [0.25, 0.3) is 0 Å². The van der Waals surface area contributed by atoms with E-state index in [-0.39, 0.29) is 0 Å². The molecule has 0 unspecified atom stereocenters. The van der Waals surface area contributed by atoms with Crippen LogP contribution in [-0.2, 0) is 0 Å². The first kappa shape index (κ1) is 13.8. The lowest BCUT2D eigenvalue weighted by molar-refractivity contribution is 0.414. The van der Waals surface area contributed by atoms with Crippen LogP contribution in [0.2, 0.25) is 0 Å². The Morgan fingerprint density at radius 2 is 1.40 bits per heavy atom. The zero-order valence-corrected chi connectivity index (χ0v) is 11.5. The smallest absolute Gasteiger partial charge is 0.119 e. The van der Waals surface area contributed by atoms with Crippen molar-refractivity contribution in [1.29, 1.82) is 0 Å². The summed E-state index contributed by atoms with van der Waals surface area (Å²) in [5.41, 5.74) is 1.91. The summed E-state index contributed by atoms with van der Waals surface area (Å²) in [5.74, 6) is 1.62. The molecule has 0 saturated carbocycles. The van der Waals surface area contributed by atoms with Gasteiger partial charge in [0.1, 0.15) is 11.5 Å². The maximum absolute atomic E-state index is 5.14. The Bertz CT molecular complexity index is 604. The molecular formula is C16H16N2O2. The van der Waals surface area contributed by atoms with Gasteiger partial charge in [-0.15, -0.1) is 0 Å². The fourth-order valence-electron chi connectivity index (χ4n) is 1.61. The van der Waals surface area contributed by atoms with Gasteiger partial charge in [-0.3, -0.25) is 0 Å². The number of benzene rings is 2. The van der Waals surface area contributed by atoms with Crippen LogP contribution in [0.4, 0.5) is 0 Å². The molecule has 0 spiro atoms. The second-order valence-electron chi connectivity index (χ2n) is 4.04. The predicted octanol–water partition coefficient (Wildman–Crippen LogP) is 3.16. The largest absolute Gasteiger partial charge is 0.497 e. The minimum Gasteiger partial charge on any atom is -0.497 e. The highest BCUT2D eigenvalue weighted by Gasteiger charge is 1.92. The molecule has 0 atom stereocenters. The first-order valence-corrected chi connectivity index (χ1v) is 6.16. The average Bonchev–Trinajstić information content (AvgIpc) is 2.52. The van der Waals surface area contributed by atoms with Gasteiger partial charge in [0.2, 0.25) is 0 Å². The third-order valence-electron chi connectivity index (χ3n) is 2.69. The molecule has 0 fully saturated rings. The number of methoxy groups -OCH3 is 2. The minimum absolute atomic E-state index is 0.799. The number of ether oxygens (including phenoxy) is 2.